The van der Waals surface area contributed by atoms with E-state index in [2.05, 4.69) is 31.0 Å². The molecule has 2 amide bonds. The van der Waals surface area contributed by atoms with Gasteiger partial charge in [-0.1, -0.05) is 28.4 Å². The van der Waals surface area contributed by atoms with E-state index in [1.54, 1.807) is 6.92 Å². The van der Waals surface area contributed by atoms with Crippen LogP contribution in [0.3, 0.4) is 0 Å². The summed E-state index contributed by atoms with van der Waals surface area (Å²) < 4.78 is 95.1. The summed E-state index contributed by atoms with van der Waals surface area (Å²) in [6, 6.07) is 6.94. The van der Waals surface area contributed by atoms with Crippen LogP contribution in [0.25, 0.3) is 5.82 Å². The van der Waals surface area contributed by atoms with E-state index in [1.165, 1.54) is 30.5 Å². The van der Waals surface area contributed by atoms with E-state index >= 15 is 0 Å². The second-order valence-electron chi connectivity index (χ2n) is 10.4. The number of pyridine rings is 1. The van der Waals surface area contributed by atoms with Crippen LogP contribution in [0.2, 0.25) is 10.0 Å². The van der Waals surface area contributed by atoms with Gasteiger partial charge in [-0.05, 0) is 61.6 Å². The Bertz CT molecular complexity index is 1790. The molecule has 244 valence electrons. The minimum Gasteiger partial charge on any atom is -0.352 e. The van der Waals surface area contributed by atoms with Crippen LogP contribution < -0.4 is 10.6 Å². The van der Waals surface area contributed by atoms with Gasteiger partial charge in [0.15, 0.2) is 5.82 Å². The molecular weight excluding hydrogens is 672 g/mol. The first-order chi connectivity index (χ1) is 21.5. The first kappa shape index (κ1) is 33.1. The lowest BCUT2D eigenvalue weighted by Gasteiger charge is -2.27. The number of aromatic nitrogens is 6. The molecule has 2 N–H and O–H groups in total. The van der Waals surface area contributed by atoms with E-state index in [1.807, 2.05) is 0 Å². The smallest absolute Gasteiger partial charge is 0.352 e. The molecule has 19 heteroatoms. The van der Waals surface area contributed by atoms with Crippen molar-refractivity contribution in [2.45, 2.75) is 44.3 Å². The Morgan fingerprint density at radius 3 is 2.35 bits per heavy atom. The lowest BCUT2D eigenvalue weighted by molar-refractivity contribution is -0.350. The van der Waals surface area contributed by atoms with Crippen molar-refractivity contribution < 1.29 is 40.3 Å². The average molecular weight is 693 g/mol. The van der Waals surface area contributed by atoms with Crippen LogP contribution in [0.15, 0.2) is 42.7 Å². The Balaban J connectivity index is 1.50. The van der Waals surface area contributed by atoms with Crippen LogP contribution in [0, 0.1) is 12.8 Å². The zero-order valence-corrected chi connectivity index (χ0v) is 24.9. The summed E-state index contributed by atoms with van der Waals surface area (Å²) >= 11 is 12.5. The summed E-state index contributed by atoms with van der Waals surface area (Å²) in [6.45, 7) is 1.39. The van der Waals surface area contributed by atoms with Crippen LogP contribution in [0.5, 0.6) is 0 Å². The standard InChI is InChI=1S/C27H21Cl2F7N8O2/c1-13-7-15(28)8-17(23(45)38-10-14-4-5-14)21(13)39-24(46)19-9-16(41-44(19)22-18(29)3-2-6-37-22)11-43-12-20(40-42-43)25(30,26(31,32)33)27(34,35)36/h2-3,6-9,12,14H,4-5,10-11H2,1H3,(H,38,45)(H,39,46). The number of benzene rings is 1. The van der Waals surface area contributed by atoms with E-state index in [9.17, 15) is 40.3 Å². The number of hydrogen-bond donors (Lipinski definition) is 2. The molecule has 0 aliphatic heterocycles. The maximum absolute atomic E-state index is 14.5. The summed E-state index contributed by atoms with van der Waals surface area (Å²) in [4.78, 5) is 30.8. The predicted molar refractivity (Wildman–Crippen MR) is 150 cm³/mol. The summed E-state index contributed by atoms with van der Waals surface area (Å²) in [5.74, 6) is -1.04. The molecule has 0 spiro atoms. The third-order valence-corrected chi connectivity index (χ3v) is 7.47. The average Bonchev–Trinajstić information content (AvgIpc) is 3.52. The maximum Gasteiger partial charge on any atom is 0.437 e. The summed E-state index contributed by atoms with van der Waals surface area (Å²) in [6.07, 6.45) is -9.35. The van der Waals surface area contributed by atoms with E-state index in [0.717, 1.165) is 23.6 Å². The lowest BCUT2D eigenvalue weighted by Crippen LogP contribution is -2.50. The van der Waals surface area contributed by atoms with Gasteiger partial charge in [-0.3, -0.25) is 9.59 Å². The Morgan fingerprint density at radius 2 is 1.72 bits per heavy atom. The van der Waals surface area contributed by atoms with Gasteiger partial charge in [0.2, 0.25) is 0 Å². The second kappa shape index (κ2) is 12.2. The van der Waals surface area contributed by atoms with Crippen molar-refractivity contribution in [1.82, 2.24) is 35.1 Å². The first-order valence-electron chi connectivity index (χ1n) is 13.3. The topological polar surface area (TPSA) is 120 Å². The van der Waals surface area contributed by atoms with Gasteiger partial charge in [0.25, 0.3) is 11.8 Å². The molecule has 0 atom stereocenters. The van der Waals surface area contributed by atoms with Gasteiger partial charge >= 0.3 is 18.0 Å². The summed E-state index contributed by atoms with van der Waals surface area (Å²) in [5.41, 5.74) is -7.60. The normalized spacial score (nSPS) is 14.0. The van der Waals surface area contributed by atoms with Gasteiger partial charge in [-0.25, -0.2) is 18.7 Å². The van der Waals surface area contributed by atoms with Crippen molar-refractivity contribution in [3.05, 3.63) is 81.0 Å². The molecule has 0 radical (unpaired) electrons. The van der Waals surface area contributed by atoms with E-state index in [0.29, 0.717) is 22.7 Å². The number of amides is 2. The van der Waals surface area contributed by atoms with Crippen LogP contribution >= 0.6 is 23.2 Å². The predicted octanol–water partition coefficient (Wildman–Crippen LogP) is 6.20. The molecule has 46 heavy (non-hydrogen) atoms. The fourth-order valence-electron chi connectivity index (χ4n) is 4.43. The molecule has 4 aromatic rings. The van der Waals surface area contributed by atoms with Crippen molar-refractivity contribution in [3.8, 4) is 5.82 Å². The van der Waals surface area contributed by atoms with Crippen LogP contribution in [0.1, 0.15) is 50.6 Å². The molecule has 1 fully saturated rings. The Hall–Kier alpha value is -4.25. The molecule has 1 aromatic carbocycles. The van der Waals surface area contributed by atoms with E-state index in [4.69, 9.17) is 23.2 Å². The molecule has 5 rings (SSSR count). The number of aryl methyl sites for hydroxylation is 1. The minimum absolute atomic E-state index is 0.0228. The monoisotopic (exact) mass is 692 g/mol. The number of alkyl halides is 7. The van der Waals surface area contributed by atoms with E-state index < -0.39 is 42.1 Å². The highest BCUT2D eigenvalue weighted by atomic mass is 35.5. The summed E-state index contributed by atoms with van der Waals surface area (Å²) in [7, 11) is 0. The molecule has 10 nitrogen and oxygen atoms in total. The van der Waals surface area contributed by atoms with Crippen molar-refractivity contribution in [2.75, 3.05) is 11.9 Å². The number of hydrogen-bond acceptors (Lipinski definition) is 6. The van der Waals surface area contributed by atoms with Gasteiger partial charge in [0, 0.05) is 17.8 Å². The van der Waals surface area contributed by atoms with Crippen LogP contribution in [-0.2, 0) is 12.2 Å². The lowest BCUT2D eigenvalue weighted by atomic mass is 10.0. The molecular formula is C27H21Cl2F7N8O2. The number of carbonyl (C=O) groups excluding carboxylic acids is 2. The second-order valence-corrected chi connectivity index (χ2v) is 11.3. The number of carbonyl (C=O) groups is 2. The third kappa shape index (κ3) is 6.51. The molecule has 1 aliphatic carbocycles. The van der Waals surface area contributed by atoms with Gasteiger partial charge in [-0.15, -0.1) is 5.10 Å². The highest BCUT2D eigenvalue weighted by Crippen LogP contribution is 2.52. The fraction of sp³-hybridized carbons (Fsp3) is 0.333. The molecule has 0 bridgehead atoms. The highest BCUT2D eigenvalue weighted by molar-refractivity contribution is 6.32. The zero-order chi connectivity index (χ0) is 33.6. The van der Waals surface area contributed by atoms with Crippen LogP contribution in [0.4, 0.5) is 36.4 Å². The number of nitrogens with zero attached hydrogens (tertiary/aromatic N) is 6. The fourth-order valence-corrected chi connectivity index (χ4v) is 4.91. The third-order valence-electron chi connectivity index (χ3n) is 6.96. The molecule has 0 saturated heterocycles. The maximum atomic E-state index is 14.5. The Labute approximate surface area is 264 Å². The SMILES string of the molecule is Cc1cc(Cl)cc(C(=O)NCC2CC2)c1NC(=O)c1cc(Cn2cc(C(F)(C(F)(F)F)C(F)(F)F)nn2)nn1-c1ncccc1Cl. The first-order valence-corrected chi connectivity index (χ1v) is 14.1. The van der Waals surface area contributed by atoms with Crippen LogP contribution in [-0.4, -0.2) is 60.5 Å². The van der Waals surface area contributed by atoms with Gasteiger partial charge in [0.1, 0.15) is 11.4 Å². The Kier molecular flexibility index (Phi) is 8.76. The quantitative estimate of drug-likeness (QED) is 0.202. The van der Waals surface area contributed by atoms with Crippen molar-refractivity contribution >= 4 is 40.7 Å². The number of anilines is 1. The van der Waals surface area contributed by atoms with Gasteiger partial charge in [-0.2, -0.15) is 31.4 Å². The number of halogens is 9. The summed E-state index contributed by atoms with van der Waals surface area (Å²) in [5, 5.41) is 15.9. The molecule has 1 saturated carbocycles. The molecule has 1 aliphatic rings. The largest absolute Gasteiger partial charge is 0.437 e. The zero-order valence-electron chi connectivity index (χ0n) is 23.3. The van der Waals surface area contributed by atoms with Crippen molar-refractivity contribution in [3.63, 3.8) is 0 Å². The minimum atomic E-state index is -6.39. The molecule has 3 heterocycles. The molecule has 3 aromatic heterocycles. The van der Waals surface area contributed by atoms with Gasteiger partial charge < -0.3 is 10.6 Å². The number of rotatable bonds is 9. The van der Waals surface area contributed by atoms with Gasteiger partial charge in [0.05, 0.1) is 34.7 Å². The molecule has 0 unspecified atom stereocenters. The van der Waals surface area contributed by atoms with E-state index in [-0.39, 0.29) is 44.7 Å². The Morgan fingerprint density at radius 1 is 1.02 bits per heavy atom. The van der Waals surface area contributed by atoms with Crippen molar-refractivity contribution in [2.24, 2.45) is 5.92 Å². The van der Waals surface area contributed by atoms with Crippen molar-refractivity contribution in [1.29, 1.82) is 0 Å². The number of nitrogens with one attached hydrogen (secondary N) is 2. The highest BCUT2D eigenvalue weighted by Gasteiger charge is 2.75.